The molecule has 1 fully saturated rings. The summed E-state index contributed by atoms with van der Waals surface area (Å²) in [6, 6.07) is 9.12. The second-order valence-electron chi connectivity index (χ2n) is 7.11. The van der Waals surface area contributed by atoms with Crippen LogP contribution in [0.1, 0.15) is 19.8 Å². The van der Waals surface area contributed by atoms with Crippen LogP contribution in [0.5, 0.6) is 0 Å². The number of nitrogens with zero attached hydrogens (tertiary/aromatic N) is 3. The van der Waals surface area contributed by atoms with Crippen molar-refractivity contribution in [1.29, 1.82) is 0 Å². The molecule has 5 rings (SSSR count). The smallest absolute Gasteiger partial charge is 0.183 e. The van der Waals surface area contributed by atoms with Gasteiger partial charge < -0.3 is 9.72 Å². The summed E-state index contributed by atoms with van der Waals surface area (Å²) in [4.78, 5) is 10.1. The fourth-order valence-corrected chi connectivity index (χ4v) is 4.29. The van der Waals surface area contributed by atoms with Crippen LogP contribution in [0.25, 0.3) is 27.2 Å². The van der Waals surface area contributed by atoms with Crippen LogP contribution < -0.4 is 5.32 Å². The highest BCUT2D eigenvalue weighted by atomic mass is 32.1. The summed E-state index contributed by atoms with van der Waals surface area (Å²) in [5.74, 6) is 0.543. The molecule has 0 bridgehead atoms. The number of thiazole rings is 1. The topological polar surface area (TPSA) is 42.2 Å². The fraction of sp³-hybridized carbons (Fsp3) is 0.238. The standard InChI is InChI=1S/C21H19FN4S/c1-13(14-2-3-14)25-21-24-11-19(27-21)16-10-18(15-4-6-17(22)7-5-15)20-23-8-9-26(20)12-16/h4-14H,2-3H2,1H3,(H,24,25). The van der Waals surface area contributed by atoms with Gasteiger partial charge in [0.15, 0.2) is 5.13 Å². The van der Waals surface area contributed by atoms with Gasteiger partial charge in [-0.1, -0.05) is 23.5 Å². The van der Waals surface area contributed by atoms with Gasteiger partial charge in [-0.2, -0.15) is 0 Å². The molecule has 0 spiro atoms. The van der Waals surface area contributed by atoms with Crippen LogP contribution in [0.2, 0.25) is 0 Å². The Labute approximate surface area is 160 Å². The molecule has 1 aliphatic carbocycles. The normalized spacial score (nSPS) is 15.2. The van der Waals surface area contributed by atoms with Crippen molar-refractivity contribution < 1.29 is 4.39 Å². The Morgan fingerprint density at radius 2 is 2.00 bits per heavy atom. The van der Waals surface area contributed by atoms with Crippen molar-refractivity contribution in [3.63, 3.8) is 0 Å². The molecule has 0 radical (unpaired) electrons. The van der Waals surface area contributed by atoms with E-state index in [0.29, 0.717) is 6.04 Å². The van der Waals surface area contributed by atoms with E-state index in [0.717, 1.165) is 38.3 Å². The number of aromatic nitrogens is 3. The average Bonchev–Trinajstić information content (AvgIpc) is 3.24. The van der Waals surface area contributed by atoms with E-state index in [1.54, 1.807) is 29.7 Å². The predicted molar refractivity (Wildman–Crippen MR) is 108 cm³/mol. The molecule has 1 N–H and O–H groups in total. The van der Waals surface area contributed by atoms with Crippen molar-refractivity contribution in [2.45, 2.75) is 25.8 Å². The van der Waals surface area contributed by atoms with Gasteiger partial charge in [0.1, 0.15) is 11.5 Å². The largest absolute Gasteiger partial charge is 0.359 e. The molecule has 3 aromatic heterocycles. The predicted octanol–water partition coefficient (Wildman–Crippen LogP) is 5.47. The van der Waals surface area contributed by atoms with E-state index in [9.17, 15) is 4.39 Å². The van der Waals surface area contributed by atoms with Crippen LogP contribution in [0.4, 0.5) is 9.52 Å². The Morgan fingerprint density at radius 1 is 1.19 bits per heavy atom. The number of anilines is 1. The van der Waals surface area contributed by atoms with Gasteiger partial charge in [-0.25, -0.2) is 14.4 Å². The summed E-state index contributed by atoms with van der Waals surface area (Å²) in [6.45, 7) is 2.23. The molecule has 6 heteroatoms. The summed E-state index contributed by atoms with van der Waals surface area (Å²) in [5, 5.41) is 4.48. The molecule has 136 valence electrons. The van der Waals surface area contributed by atoms with Crippen molar-refractivity contribution in [3.05, 3.63) is 60.9 Å². The number of rotatable bonds is 5. The van der Waals surface area contributed by atoms with Gasteiger partial charge in [-0.15, -0.1) is 0 Å². The number of pyridine rings is 1. The van der Waals surface area contributed by atoms with Gasteiger partial charge in [0, 0.05) is 42.0 Å². The number of benzene rings is 1. The van der Waals surface area contributed by atoms with Crippen molar-refractivity contribution in [3.8, 4) is 21.6 Å². The van der Waals surface area contributed by atoms with Crippen LogP contribution in [0.3, 0.4) is 0 Å². The van der Waals surface area contributed by atoms with E-state index in [1.165, 1.54) is 25.0 Å². The molecular weight excluding hydrogens is 359 g/mol. The lowest BCUT2D eigenvalue weighted by molar-refractivity contribution is 0.628. The lowest BCUT2D eigenvalue weighted by Crippen LogP contribution is -2.16. The zero-order chi connectivity index (χ0) is 18.4. The molecule has 1 unspecified atom stereocenters. The molecule has 3 heterocycles. The van der Waals surface area contributed by atoms with Gasteiger partial charge in [0.2, 0.25) is 0 Å². The molecule has 0 saturated heterocycles. The Kier molecular flexibility index (Phi) is 3.93. The summed E-state index contributed by atoms with van der Waals surface area (Å²) in [7, 11) is 0. The van der Waals surface area contributed by atoms with Crippen molar-refractivity contribution >= 4 is 22.1 Å². The van der Waals surface area contributed by atoms with E-state index in [4.69, 9.17) is 0 Å². The van der Waals surface area contributed by atoms with Gasteiger partial charge in [-0.05, 0) is 49.4 Å². The average molecular weight is 378 g/mol. The van der Waals surface area contributed by atoms with Crippen molar-refractivity contribution in [2.24, 2.45) is 5.92 Å². The fourth-order valence-electron chi connectivity index (χ4n) is 3.39. The lowest BCUT2D eigenvalue weighted by Gasteiger charge is -2.10. The van der Waals surface area contributed by atoms with Gasteiger partial charge in [-0.3, -0.25) is 0 Å². The molecule has 1 aromatic carbocycles. The molecule has 1 aliphatic rings. The van der Waals surface area contributed by atoms with E-state index >= 15 is 0 Å². The number of imidazole rings is 1. The second-order valence-corrected chi connectivity index (χ2v) is 8.14. The van der Waals surface area contributed by atoms with Gasteiger partial charge in [0.25, 0.3) is 0 Å². The summed E-state index contributed by atoms with van der Waals surface area (Å²) in [6.07, 6.45) is 10.3. The van der Waals surface area contributed by atoms with E-state index < -0.39 is 0 Å². The van der Waals surface area contributed by atoms with Crippen LogP contribution >= 0.6 is 11.3 Å². The zero-order valence-corrected chi connectivity index (χ0v) is 15.7. The summed E-state index contributed by atoms with van der Waals surface area (Å²) >= 11 is 1.66. The van der Waals surface area contributed by atoms with E-state index in [2.05, 4.69) is 34.5 Å². The lowest BCUT2D eigenvalue weighted by atomic mass is 10.0. The first-order valence-electron chi connectivity index (χ1n) is 9.13. The second kappa shape index (κ2) is 6.46. The highest BCUT2D eigenvalue weighted by molar-refractivity contribution is 7.18. The SMILES string of the molecule is CC(Nc1ncc(-c2cc(-c3ccc(F)cc3)c3nccn3c2)s1)C1CC1. The van der Waals surface area contributed by atoms with Crippen LogP contribution in [-0.2, 0) is 0 Å². The minimum atomic E-state index is -0.239. The molecule has 4 aromatic rings. The molecule has 27 heavy (non-hydrogen) atoms. The Balaban J connectivity index is 1.54. The first-order valence-corrected chi connectivity index (χ1v) is 9.94. The van der Waals surface area contributed by atoms with E-state index in [1.807, 2.05) is 16.8 Å². The highest BCUT2D eigenvalue weighted by Crippen LogP contribution is 2.37. The molecular formula is C21H19FN4S. The third kappa shape index (κ3) is 3.21. The zero-order valence-electron chi connectivity index (χ0n) is 14.9. The molecule has 4 nitrogen and oxygen atoms in total. The quantitative estimate of drug-likeness (QED) is 0.500. The van der Waals surface area contributed by atoms with Gasteiger partial charge >= 0.3 is 0 Å². The summed E-state index contributed by atoms with van der Waals surface area (Å²) in [5.41, 5.74) is 3.85. The molecule has 0 amide bonds. The number of nitrogens with one attached hydrogen (secondary N) is 1. The highest BCUT2D eigenvalue weighted by Gasteiger charge is 2.28. The maximum Gasteiger partial charge on any atom is 0.183 e. The van der Waals surface area contributed by atoms with E-state index in [-0.39, 0.29) is 5.82 Å². The number of hydrogen-bond acceptors (Lipinski definition) is 4. The van der Waals surface area contributed by atoms with Crippen LogP contribution in [0.15, 0.2) is 55.1 Å². The Bertz CT molecular complexity index is 1100. The molecule has 1 saturated carbocycles. The maximum atomic E-state index is 13.3. The Morgan fingerprint density at radius 3 is 2.78 bits per heavy atom. The number of fused-ring (bicyclic) bond motifs is 1. The third-order valence-corrected chi connectivity index (χ3v) is 6.09. The molecule has 0 aliphatic heterocycles. The maximum absolute atomic E-state index is 13.3. The first-order chi connectivity index (χ1) is 13.2. The third-order valence-electron chi connectivity index (χ3n) is 5.11. The van der Waals surface area contributed by atoms with Crippen molar-refractivity contribution in [2.75, 3.05) is 5.32 Å². The molecule has 1 atom stereocenters. The van der Waals surface area contributed by atoms with Crippen LogP contribution in [-0.4, -0.2) is 20.4 Å². The van der Waals surface area contributed by atoms with Crippen LogP contribution in [0, 0.1) is 11.7 Å². The van der Waals surface area contributed by atoms with Gasteiger partial charge in [0.05, 0.1) is 4.88 Å². The minimum Gasteiger partial charge on any atom is -0.359 e. The first kappa shape index (κ1) is 16.4. The minimum absolute atomic E-state index is 0.239. The Hall–Kier alpha value is -2.73. The number of hydrogen-bond donors (Lipinski definition) is 1. The monoisotopic (exact) mass is 378 g/mol. The summed E-state index contributed by atoms with van der Waals surface area (Å²) < 4.78 is 15.3. The van der Waals surface area contributed by atoms with Crippen molar-refractivity contribution in [1.82, 2.24) is 14.4 Å². The number of halogens is 1.